The molecule has 0 atom stereocenters. The number of aromatic nitrogens is 4. The lowest BCUT2D eigenvalue weighted by Gasteiger charge is -2.08. The fourth-order valence-electron chi connectivity index (χ4n) is 1.96. The largest absolute Gasteiger partial charge is 0.290 e. The van der Waals surface area contributed by atoms with Gasteiger partial charge in [0.25, 0.3) is 5.56 Å². The second-order valence-electron chi connectivity index (χ2n) is 4.04. The lowest BCUT2D eigenvalue weighted by atomic mass is 10.3. The van der Waals surface area contributed by atoms with Crippen LogP contribution >= 0.6 is 23.1 Å². The number of fused-ring (bicyclic) bond motifs is 1. The Bertz CT molecular complexity index is 810. The Morgan fingerprint density at radius 1 is 1.35 bits per heavy atom. The van der Waals surface area contributed by atoms with Crippen molar-refractivity contribution in [1.82, 2.24) is 19.5 Å². The topological polar surface area (TPSA) is 60.7 Å². The number of rotatable bonds is 3. The van der Waals surface area contributed by atoms with Crippen LogP contribution < -0.4 is 5.56 Å². The third-order valence-corrected chi connectivity index (χ3v) is 4.82. The third-order valence-electron chi connectivity index (χ3n) is 2.89. The van der Waals surface area contributed by atoms with Gasteiger partial charge in [0.15, 0.2) is 20.5 Å². The van der Waals surface area contributed by atoms with Crippen molar-refractivity contribution in [3.8, 4) is 11.5 Å². The molecule has 0 aliphatic heterocycles. The van der Waals surface area contributed by atoms with E-state index in [9.17, 15) is 4.79 Å². The monoisotopic (exact) mass is 304 g/mol. The van der Waals surface area contributed by atoms with Crippen molar-refractivity contribution in [3.63, 3.8) is 0 Å². The first-order valence-electron chi connectivity index (χ1n) is 6.11. The molecule has 0 radical (unpaired) electrons. The normalized spacial score (nSPS) is 11.1. The standard InChI is InChI=1S/C13H12N4OS2/c1-3-17-10(8-6-4-5-7-14-8)16-11-9(12(17)18)15-13(19-2)20-11/h4-7H,3H2,1-2H3. The summed E-state index contributed by atoms with van der Waals surface area (Å²) in [4.78, 5) is 26.4. The van der Waals surface area contributed by atoms with Crippen LogP contribution in [0.3, 0.4) is 0 Å². The van der Waals surface area contributed by atoms with E-state index in [-0.39, 0.29) is 5.56 Å². The first-order valence-corrected chi connectivity index (χ1v) is 8.15. The van der Waals surface area contributed by atoms with Gasteiger partial charge in [-0.1, -0.05) is 29.2 Å². The van der Waals surface area contributed by atoms with E-state index < -0.39 is 0 Å². The van der Waals surface area contributed by atoms with Crippen LogP contribution in [-0.4, -0.2) is 25.8 Å². The summed E-state index contributed by atoms with van der Waals surface area (Å²) >= 11 is 2.96. The van der Waals surface area contributed by atoms with Crippen LogP contribution in [0.4, 0.5) is 0 Å². The average molecular weight is 304 g/mol. The molecule has 3 rings (SSSR count). The Morgan fingerprint density at radius 3 is 2.85 bits per heavy atom. The van der Waals surface area contributed by atoms with Gasteiger partial charge in [0, 0.05) is 12.7 Å². The molecule has 0 amide bonds. The van der Waals surface area contributed by atoms with Gasteiger partial charge in [-0.05, 0) is 25.3 Å². The molecule has 0 bridgehead atoms. The molecule has 0 unspecified atom stereocenters. The van der Waals surface area contributed by atoms with E-state index >= 15 is 0 Å². The summed E-state index contributed by atoms with van der Waals surface area (Å²) in [7, 11) is 0. The number of pyridine rings is 1. The molecule has 3 aromatic rings. The minimum absolute atomic E-state index is 0.102. The molecule has 20 heavy (non-hydrogen) atoms. The molecule has 0 aromatic carbocycles. The number of hydrogen-bond donors (Lipinski definition) is 0. The Hall–Kier alpha value is -1.73. The minimum atomic E-state index is -0.102. The zero-order valence-corrected chi connectivity index (χ0v) is 12.7. The second-order valence-corrected chi connectivity index (χ2v) is 6.07. The Balaban J connectivity index is 2.34. The van der Waals surface area contributed by atoms with Crippen LogP contribution in [0.1, 0.15) is 6.92 Å². The fourth-order valence-corrected chi connectivity index (χ4v) is 3.38. The average Bonchev–Trinajstić information content (AvgIpc) is 2.91. The summed E-state index contributed by atoms with van der Waals surface area (Å²) in [5.74, 6) is 0.599. The summed E-state index contributed by atoms with van der Waals surface area (Å²) in [6.07, 6.45) is 3.64. The van der Waals surface area contributed by atoms with Crippen molar-refractivity contribution in [2.24, 2.45) is 0 Å². The number of thioether (sulfide) groups is 1. The number of nitrogens with zero attached hydrogens (tertiary/aromatic N) is 4. The van der Waals surface area contributed by atoms with Gasteiger partial charge < -0.3 is 0 Å². The molecular formula is C13H12N4OS2. The van der Waals surface area contributed by atoms with Gasteiger partial charge in [0.05, 0.1) is 0 Å². The minimum Gasteiger partial charge on any atom is -0.290 e. The van der Waals surface area contributed by atoms with Gasteiger partial charge in [0.2, 0.25) is 0 Å². The van der Waals surface area contributed by atoms with Crippen molar-refractivity contribution < 1.29 is 0 Å². The lowest BCUT2D eigenvalue weighted by molar-refractivity contribution is 0.724. The molecule has 0 aliphatic carbocycles. The lowest BCUT2D eigenvalue weighted by Crippen LogP contribution is -2.22. The predicted molar refractivity (Wildman–Crippen MR) is 82.4 cm³/mol. The maximum atomic E-state index is 12.5. The second kappa shape index (κ2) is 5.34. The molecule has 0 spiro atoms. The van der Waals surface area contributed by atoms with E-state index in [2.05, 4.69) is 15.0 Å². The number of hydrogen-bond acceptors (Lipinski definition) is 6. The summed E-state index contributed by atoms with van der Waals surface area (Å²) in [6.45, 7) is 2.46. The van der Waals surface area contributed by atoms with Gasteiger partial charge in [-0.2, -0.15) is 0 Å². The molecule has 3 aromatic heterocycles. The first kappa shape index (κ1) is 13.3. The molecule has 0 saturated carbocycles. The highest BCUT2D eigenvalue weighted by Crippen LogP contribution is 2.26. The zero-order valence-electron chi connectivity index (χ0n) is 11.0. The van der Waals surface area contributed by atoms with Crippen molar-refractivity contribution in [1.29, 1.82) is 0 Å². The van der Waals surface area contributed by atoms with Crippen molar-refractivity contribution in [3.05, 3.63) is 34.7 Å². The zero-order chi connectivity index (χ0) is 14.1. The maximum absolute atomic E-state index is 12.5. The summed E-state index contributed by atoms with van der Waals surface area (Å²) in [5, 5.41) is 0. The third kappa shape index (κ3) is 2.12. The molecule has 3 heterocycles. The summed E-state index contributed by atoms with van der Waals surface area (Å²) < 4.78 is 2.47. The molecule has 7 heteroatoms. The fraction of sp³-hybridized carbons (Fsp3) is 0.231. The highest BCUT2D eigenvalue weighted by Gasteiger charge is 2.16. The maximum Gasteiger partial charge on any atom is 0.281 e. The summed E-state index contributed by atoms with van der Waals surface area (Å²) in [5.41, 5.74) is 1.04. The van der Waals surface area contributed by atoms with Crippen LogP contribution in [0.2, 0.25) is 0 Å². The van der Waals surface area contributed by atoms with E-state index in [1.807, 2.05) is 31.4 Å². The van der Waals surface area contributed by atoms with E-state index in [1.165, 1.54) is 23.1 Å². The van der Waals surface area contributed by atoms with Crippen LogP contribution in [0.25, 0.3) is 21.9 Å². The molecule has 0 fully saturated rings. The van der Waals surface area contributed by atoms with Crippen molar-refractivity contribution >= 4 is 33.4 Å². The van der Waals surface area contributed by atoms with E-state index in [1.54, 1.807) is 10.8 Å². The molecule has 102 valence electrons. The van der Waals surface area contributed by atoms with Crippen LogP contribution in [-0.2, 0) is 6.54 Å². The molecule has 0 N–H and O–H groups in total. The smallest absolute Gasteiger partial charge is 0.281 e. The Kier molecular flexibility index (Phi) is 3.54. The molecule has 0 aliphatic rings. The van der Waals surface area contributed by atoms with Gasteiger partial charge in [-0.3, -0.25) is 14.3 Å². The van der Waals surface area contributed by atoms with E-state index in [0.29, 0.717) is 28.4 Å². The van der Waals surface area contributed by atoms with Gasteiger partial charge >= 0.3 is 0 Å². The van der Waals surface area contributed by atoms with Crippen molar-refractivity contribution in [2.45, 2.75) is 17.8 Å². The summed E-state index contributed by atoms with van der Waals surface area (Å²) in [6, 6.07) is 5.59. The Morgan fingerprint density at radius 2 is 2.20 bits per heavy atom. The SMILES string of the molecule is CCn1c(-c2ccccn2)nc2sc(SC)nc2c1=O. The van der Waals surface area contributed by atoms with Crippen LogP contribution in [0.15, 0.2) is 33.5 Å². The molecular weight excluding hydrogens is 292 g/mol. The van der Waals surface area contributed by atoms with Gasteiger partial charge in [-0.25, -0.2) is 9.97 Å². The molecule has 0 saturated heterocycles. The number of thiazole rings is 1. The van der Waals surface area contributed by atoms with Gasteiger partial charge in [0.1, 0.15) is 5.69 Å². The first-order chi connectivity index (χ1) is 9.74. The van der Waals surface area contributed by atoms with E-state index in [0.717, 1.165) is 4.34 Å². The van der Waals surface area contributed by atoms with Crippen LogP contribution in [0, 0.1) is 0 Å². The Labute approximate surface area is 123 Å². The highest BCUT2D eigenvalue weighted by atomic mass is 32.2. The molecule has 5 nitrogen and oxygen atoms in total. The quantitative estimate of drug-likeness (QED) is 0.696. The van der Waals surface area contributed by atoms with Crippen molar-refractivity contribution in [2.75, 3.05) is 6.26 Å². The highest BCUT2D eigenvalue weighted by molar-refractivity contribution is 8.00. The predicted octanol–water partition coefficient (Wildman–Crippen LogP) is 2.66. The van der Waals surface area contributed by atoms with Gasteiger partial charge in [-0.15, -0.1) is 0 Å². The van der Waals surface area contributed by atoms with Crippen LogP contribution in [0.5, 0.6) is 0 Å². The van der Waals surface area contributed by atoms with E-state index in [4.69, 9.17) is 0 Å².